The zero-order valence-electron chi connectivity index (χ0n) is 15.7. The molecule has 1 amide bonds. The SMILES string of the molecule is COc1ccc(C(=O)Nc2cc(-c3ccco3)nn2-c2nc(C)cc(=O)[nH]2)cc1. The summed E-state index contributed by atoms with van der Waals surface area (Å²) in [5.74, 6) is 1.31. The first-order valence-corrected chi connectivity index (χ1v) is 8.71. The average molecular weight is 391 g/mol. The minimum Gasteiger partial charge on any atom is -0.497 e. The fraction of sp³-hybridized carbons (Fsp3) is 0.100. The summed E-state index contributed by atoms with van der Waals surface area (Å²) in [5, 5.41) is 7.24. The van der Waals surface area contributed by atoms with E-state index in [0.717, 1.165) is 0 Å². The van der Waals surface area contributed by atoms with E-state index in [1.165, 1.54) is 17.0 Å². The maximum Gasteiger partial charge on any atom is 0.256 e. The maximum absolute atomic E-state index is 12.7. The second kappa shape index (κ2) is 7.47. The van der Waals surface area contributed by atoms with Gasteiger partial charge in [0.1, 0.15) is 17.3 Å². The molecule has 9 heteroatoms. The number of nitrogens with one attached hydrogen (secondary N) is 2. The van der Waals surface area contributed by atoms with Crippen LogP contribution in [0.4, 0.5) is 5.82 Å². The van der Waals surface area contributed by atoms with Crippen LogP contribution in [0.3, 0.4) is 0 Å². The van der Waals surface area contributed by atoms with Crippen LogP contribution in [-0.4, -0.2) is 32.8 Å². The lowest BCUT2D eigenvalue weighted by molar-refractivity contribution is 0.102. The van der Waals surface area contributed by atoms with Crippen molar-refractivity contribution in [3.63, 3.8) is 0 Å². The Kier molecular flexibility index (Phi) is 4.70. The molecule has 0 saturated heterocycles. The van der Waals surface area contributed by atoms with Gasteiger partial charge in [0.15, 0.2) is 5.76 Å². The molecule has 0 spiro atoms. The molecular weight excluding hydrogens is 374 g/mol. The minimum atomic E-state index is -0.352. The Balaban J connectivity index is 1.74. The maximum atomic E-state index is 12.7. The highest BCUT2D eigenvalue weighted by Crippen LogP contribution is 2.24. The van der Waals surface area contributed by atoms with Gasteiger partial charge in [-0.15, -0.1) is 0 Å². The molecule has 29 heavy (non-hydrogen) atoms. The molecule has 0 aliphatic heterocycles. The third-order valence-electron chi connectivity index (χ3n) is 4.13. The van der Waals surface area contributed by atoms with Gasteiger partial charge in [0.05, 0.1) is 13.4 Å². The van der Waals surface area contributed by atoms with Gasteiger partial charge >= 0.3 is 0 Å². The van der Waals surface area contributed by atoms with Gasteiger partial charge in [0.25, 0.3) is 11.5 Å². The fourth-order valence-corrected chi connectivity index (χ4v) is 2.77. The summed E-state index contributed by atoms with van der Waals surface area (Å²) in [5.41, 5.74) is 1.11. The highest BCUT2D eigenvalue weighted by atomic mass is 16.5. The summed E-state index contributed by atoms with van der Waals surface area (Å²) in [7, 11) is 1.55. The Hall–Kier alpha value is -4.14. The minimum absolute atomic E-state index is 0.179. The van der Waals surface area contributed by atoms with E-state index >= 15 is 0 Å². The van der Waals surface area contributed by atoms with Gasteiger partial charge < -0.3 is 14.5 Å². The molecule has 0 unspecified atom stereocenters. The molecule has 4 aromatic rings. The summed E-state index contributed by atoms with van der Waals surface area (Å²) in [4.78, 5) is 31.5. The molecule has 9 nitrogen and oxygen atoms in total. The number of nitrogens with zero attached hydrogens (tertiary/aromatic N) is 3. The van der Waals surface area contributed by atoms with E-state index in [1.54, 1.807) is 56.5 Å². The molecule has 0 aliphatic carbocycles. The van der Waals surface area contributed by atoms with Crippen LogP contribution in [0, 0.1) is 6.92 Å². The number of ether oxygens (including phenoxy) is 1. The molecule has 0 bridgehead atoms. The van der Waals surface area contributed by atoms with Crippen molar-refractivity contribution in [1.82, 2.24) is 19.7 Å². The Morgan fingerprint density at radius 3 is 2.66 bits per heavy atom. The highest BCUT2D eigenvalue weighted by Gasteiger charge is 2.17. The van der Waals surface area contributed by atoms with Crippen molar-refractivity contribution in [3.8, 4) is 23.2 Å². The molecule has 0 atom stereocenters. The van der Waals surface area contributed by atoms with Gasteiger partial charge in [-0.05, 0) is 43.3 Å². The van der Waals surface area contributed by atoms with Crippen molar-refractivity contribution in [2.24, 2.45) is 0 Å². The number of hydrogen-bond acceptors (Lipinski definition) is 6. The van der Waals surface area contributed by atoms with Crippen LogP contribution >= 0.6 is 0 Å². The van der Waals surface area contributed by atoms with Gasteiger partial charge in [-0.1, -0.05) is 0 Å². The van der Waals surface area contributed by atoms with E-state index in [0.29, 0.717) is 34.3 Å². The molecule has 3 aromatic heterocycles. The normalized spacial score (nSPS) is 10.7. The van der Waals surface area contributed by atoms with Crippen LogP contribution in [0.25, 0.3) is 17.4 Å². The van der Waals surface area contributed by atoms with Gasteiger partial charge in [0.2, 0.25) is 5.95 Å². The number of H-pyrrole nitrogens is 1. The number of hydrogen-bond donors (Lipinski definition) is 2. The third kappa shape index (κ3) is 3.79. The molecule has 1 aromatic carbocycles. The van der Waals surface area contributed by atoms with Crippen LogP contribution in [0.5, 0.6) is 5.75 Å². The number of rotatable bonds is 5. The third-order valence-corrected chi connectivity index (χ3v) is 4.13. The molecular formula is C20H17N5O4. The molecule has 0 saturated carbocycles. The van der Waals surface area contributed by atoms with E-state index in [9.17, 15) is 9.59 Å². The number of aromatic amines is 1. The number of carbonyl (C=O) groups excluding carboxylic acids is 1. The van der Waals surface area contributed by atoms with E-state index in [4.69, 9.17) is 9.15 Å². The van der Waals surface area contributed by atoms with Crippen molar-refractivity contribution in [2.45, 2.75) is 6.92 Å². The second-order valence-corrected chi connectivity index (χ2v) is 6.20. The molecule has 0 fully saturated rings. The Labute approximate surface area is 165 Å². The molecule has 0 aliphatic rings. The largest absolute Gasteiger partial charge is 0.497 e. The van der Waals surface area contributed by atoms with Crippen molar-refractivity contribution >= 4 is 11.7 Å². The first-order valence-electron chi connectivity index (χ1n) is 8.71. The van der Waals surface area contributed by atoms with Crippen LogP contribution in [0.2, 0.25) is 0 Å². The fourth-order valence-electron chi connectivity index (χ4n) is 2.77. The number of amides is 1. The quantitative estimate of drug-likeness (QED) is 0.541. The number of methoxy groups -OCH3 is 1. The number of anilines is 1. The summed E-state index contributed by atoms with van der Waals surface area (Å²) < 4.78 is 11.9. The van der Waals surface area contributed by atoms with E-state index in [-0.39, 0.29) is 17.4 Å². The number of aromatic nitrogens is 4. The predicted octanol–water partition coefficient (Wildman–Crippen LogP) is 2.78. The summed E-state index contributed by atoms with van der Waals surface area (Å²) in [6, 6.07) is 13.2. The van der Waals surface area contributed by atoms with Crippen LogP contribution in [0.1, 0.15) is 16.1 Å². The van der Waals surface area contributed by atoms with Crippen LogP contribution < -0.4 is 15.6 Å². The van der Waals surface area contributed by atoms with Crippen molar-refractivity contribution in [1.29, 1.82) is 0 Å². The van der Waals surface area contributed by atoms with E-state index < -0.39 is 0 Å². The predicted molar refractivity (Wildman–Crippen MR) is 105 cm³/mol. The number of furan rings is 1. The molecule has 3 heterocycles. The molecule has 0 radical (unpaired) electrons. The second-order valence-electron chi connectivity index (χ2n) is 6.20. The summed E-state index contributed by atoms with van der Waals surface area (Å²) >= 11 is 0. The van der Waals surface area contributed by atoms with Crippen molar-refractivity contribution < 1.29 is 13.9 Å². The van der Waals surface area contributed by atoms with E-state index in [1.807, 2.05) is 0 Å². The van der Waals surface area contributed by atoms with Gasteiger partial charge in [-0.2, -0.15) is 9.78 Å². The lowest BCUT2D eigenvalue weighted by atomic mass is 10.2. The zero-order valence-corrected chi connectivity index (χ0v) is 15.7. The summed E-state index contributed by atoms with van der Waals surface area (Å²) in [6.45, 7) is 1.70. The Morgan fingerprint density at radius 1 is 1.21 bits per heavy atom. The number of carbonyl (C=O) groups is 1. The topological polar surface area (TPSA) is 115 Å². The Bertz CT molecular complexity index is 1210. The first-order chi connectivity index (χ1) is 14.0. The van der Waals surface area contributed by atoms with Crippen molar-refractivity contribution in [2.75, 3.05) is 12.4 Å². The lowest BCUT2D eigenvalue weighted by Crippen LogP contribution is -2.18. The van der Waals surface area contributed by atoms with Crippen LogP contribution in [-0.2, 0) is 0 Å². The standard InChI is InChI=1S/C20H17N5O4/c1-12-10-18(26)23-20(21-12)25-17(11-15(24-25)16-4-3-9-29-16)22-19(27)13-5-7-14(28-2)8-6-13/h3-11H,1-2H3,(H,22,27)(H,21,23,26). The van der Waals surface area contributed by atoms with Crippen LogP contribution in [0.15, 0.2) is 64.0 Å². The van der Waals surface area contributed by atoms with E-state index in [2.05, 4.69) is 20.4 Å². The summed E-state index contributed by atoms with van der Waals surface area (Å²) in [6.07, 6.45) is 1.52. The molecule has 2 N–H and O–H groups in total. The lowest BCUT2D eigenvalue weighted by Gasteiger charge is -2.08. The molecule has 4 rings (SSSR count). The zero-order chi connectivity index (χ0) is 20.4. The molecule has 146 valence electrons. The monoisotopic (exact) mass is 391 g/mol. The smallest absolute Gasteiger partial charge is 0.256 e. The first kappa shape index (κ1) is 18.2. The average Bonchev–Trinajstić information content (AvgIpc) is 3.37. The van der Waals surface area contributed by atoms with Gasteiger partial charge in [-0.25, -0.2) is 4.98 Å². The Morgan fingerprint density at radius 2 is 2.00 bits per heavy atom. The van der Waals surface area contributed by atoms with Gasteiger partial charge in [0, 0.05) is 23.4 Å². The number of aryl methyl sites for hydroxylation is 1. The van der Waals surface area contributed by atoms with Crippen molar-refractivity contribution in [3.05, 3.63) is 76.4 Å². The highest BCUT2D eigenvalue weighted by molar-refractivity contribution is 6.04. The number of benzene rings is 1. The van der Waals surface area contributed by atoms with Gasteiger partial charge in [-0.3, -0.25) is 14.6 Å².